The first-order valence-corrected chi connectivity index (χ1v) is 7.48. The molecule has 0 radical (unpaired) electrons. The highest BCUT2D eigenvalue weighted by Gasteiger charge is 2.48. The molecule has 5 atom stereocenters. The zero-order valence-corrected chi connectivity index (χ0v) is 12.0. The van der Waals surface area contributed by atoms with Crippen LogP contribution in [-0.4, -0.2) is 69.8 Å². The highest BCUT2D eigenvalue weighted by Crippen LogP contribution is 2.34. The SMILES string of the molecule is CCN(C1=N[C@@H]2[C@@H](O)[C@H](O)[C@@H](CO)C[C@@H]2O1)C1C=CC=C1. The van der Waals surface area contributed by atoms with Crippen molar-refractivity contribution < 1.29 is 20.1 Å². The predicted molar refractivity (Wildman–Crippen MR) is 77.8 cm³/mol. The van der Waals surface area contributed by atoms with Gasteiger partial charge in [0.05, 0.1) is 12.1 Å². The van der Waals surface area contributed by atoms with E-state index in [0.717, 1.165) is 6.54 Å². The monoisotopic (exact) mass is 294 g/mol. The zero-order valence-electron chi connectivity index (χ0n) is 12.0. The van der Waals surface area contributed by atoms with Gasteiger partial charge in [0.15, 0.2) is 0 Å². The van der Waals surface area contributed by atoms with Crippen molar-refractivity contribution >= 4 is 6.02 Å². The smallest absolute Gasteiger partial charge is 0.288 e. The molecule has 1 aliphatic heterocycles. The van der Waals surface area contributed by atoms with Gasteiger partial charge in [0.1, 0.15) is 18.2 Å². The fourth-order valence-corrected chi connectivity index (χ4v) is 3.27. The molecule has 0 aromatic rings. The molecule has 0 aromatic heterocycles. The number of fused-ring (bicyclic) bond motifs is 1. The zero-order chi connectivity index (χ0) is 15.0. The maximum Gasteiger partial charge on any atom is 0.288 e. The summed E-state index contributed by atoms with van der Waals surface area (Å²) < 4.78 is 5.91. The summed E-state index contributed by atoms with van der Waals surface area (Å²) in [4.78, 5) is 6.51. The van der Waals surface area contributed by atoms with E-state index in [2.05, 4.69) is 17.1 Å². The topological polar surface area (TPSA) is 85.5 Å². The van der Waals surface area contributed by atoms with E-state index in [1.54, 1.807) is 0 Å². The highest BCUT2D eigenvalue weighted by atomic mass is 16.5. The van der Waals surface area contributed by atoms with Crippen molar-refractivity contribution in [2.45, 2.75) is 43.7 Å². The Morgan fingerprint density at radius 3 is 2.62 bits per heavy atom. The van der Waals surface area contributed by atoms with Crippen LogP contribution in [0.3, 0.4) is 0 Å². The Hall–Kier alpha value is -1.37. The summed E-state index contributed by atoms with van der Waals surface area (Å²) in [7, 11) is 0. The van der Waals surface area contributed by atoms with Crippen LogP contribution in [0.4, 0.5) is 0 Å². The number of likely N-dealkylation sites (N-methyl/N-ethyl adjacent to an activating group) is 1. The van der Waals surface area contributed by atoms with Gasteiger partial charge >= 0.3 is 0 Å². The fourth-order valence-electron chi connectivity index (χ4n) is 3.27. The molecule has 6 nitrogen and oxygen atoms in total. The number of amidine groups is 1. The van der Waals surface area contributed by atoms with E-state index in [0.29, 0.717) is 12.4 Å². The van der Waals surface area contributed by atoms with Crippen molar-refractivity contribution in [2.75, 3.05) is 13.2 Å². The summed E-state index contributed by atoms with van der Waals surface area (Å²) in [5.41, 5.74) is 0. The minimum absolute atomic E-state index is 0.115. The normalized spacial score (nSPS) is 38.3. The first kappa shape index (κ1) is 14.6. The number of hydrogen-bond acceptors (Lipinski definition) is 6. The fraction of sp³-hybridized carbons (Fsp3) is 0.667. The Morgan fingerprint density at radius 1 is 1.29 bits per heavy atom. The van der Waals surface area contributed by atoms with E-state index in [1.807, 2.05) is 24.0 Å². The summed E-state index contributed by atoms with van der Waals surface area (Å²) in [5, 5.41) is 29.5. The van der Waals surface area contributed by atoms with Gasteiger partial charge in [-0.3, -0.25) is 0 Å². The van der Waals surface area contributed by atoms with Crippen molar-refractivity contribution in [2.24, 2.45) is 10.9 Å². The van der Waals surface area contributed by atoms with Gasteiger partial charge in [-0.1, -0.05) is 24.3 Å². The lowest BCUT2D eigenvalue weighted by molar-refractivity contribution is -0.0955. The Balaban J connectivity index is 1.78. The molecule has 116 valence electrons. The molecule has 2 aliphatic carbocycles. The van der Waals surface area contributed by atoms with Gasteiger partial charge in [-0.2, -0.15) is 0 Å². The van der Waals surface area contributed by atoms with E-state index in [1.165, 1.54) is 0 Å². The van der Waals surface area contributed by atoms with Crippen LogP contribution in [-0.2, 0) is 4.74 Å². The number of aliphatic hydroxyl groups excluding tert-OH is 3. The highest BCUT2D eigenvalue weighted by molar-refractivity contribution is 5.77. The Kier molecular flexibility index (Phi) is 4.01. The quantitative estimate of drug-likeness (QED) is 0.663. The van der Waals surface area contributed by atoms with Gasteiger partial charge in [-0.15, -0.1) is 0 Å². The van der Waals surface area contributed by atoms with Crippen molar-refractivity contribution in [3.8, 4) is 0 Å². The van der Waals surface area contributed by atoms with Crippen LogP contribution in [0, 0.1) is 5.92 Å². The van der Waals surface area contributed by atoms with Gasteiger partial charge in [0.25, 0.3) is 6.02 Å². The number of allylic oxidation sites excluding steroid dienone is 2. The molecule has 0 bridgehead atoms. The largest absolute Gasteiger partial charge is 0.459 e. The molecule has 0 unspecified atom stereocenters. The second-order valence-electron chi connectivity index (χ2n) is 5.76. The standard InChI is InChI=1S/C15H22N2O4/c1-2-17(10-5-3-4-6-10)15-16-12-11(21-15)7-9(8-18)13(19)14(12)20/h3-6,9-14,18-20H,2,7-8H2,1H3/t9-,11+,12+,13-,14-/m1/s1. The van der Waals surface area contributed by atoms with Crippen molar-refractivity contribution in [1.29, 1.82) is 0 Å². The maximum absolute atomic E-state index is 10.2. The van der Waals surface area contributed by atoms with Gasteiger partial charge < -0.3 is 25.0 Å². The van der Waals surface area contributed by atoms with Gasteiger partial charge in [0.2, 0.25) is 0 Å². The van der Waals surface area contributed by atoms with E-state index >= 15 is 0 Å². The molecular weight excluding hydrogens is 272 g/mol. The molecular formula is C15H22N2O4. The van der Waals surface area contributed by atoms with E-state index in [9.17, 15) is 15.3 Å². The van der Waals surface area contributed by atoms with E-state index in [4.69, 9.17) is 4.74 Å². The number of hydrogen-bond donors (Lipinski definition) is 3. The molecule has 3 N–H and O–H groups in total. The maximum atomic E-state index is 10.2. The minimum atomic E-state index is -0.994. The van der Waals surface area contributed by atoms with Crippen LogP contribution in [0.5, 0.6) is 0 Å². The summed E-state index contributed by atoms with van der Waals surface area (Å²) in [6.07, 6.45) is 6.35. The second kappa shape index (κ2) is 5.79. The molecule has 3 aliphatic rings. The minimum Gasteiger partial charge on any atom is -0.459 e. The Morgan fingerprint density at radius 2 is 2.00 bits per heavy atom. The molecule has 0 spiro atoms. The summed E-state index contributed by atoms with van der Waals surface area (Å²) in [6.45, 7) is 2.60. The lowest BCUT2D eigenvalue weighted by Crippen LogP contribution is -2.52. The molecule has 6 heteroatoms. The van der Waals surface area contributed by atoms with E-state index < -0.39 is 18.2 Å². The first-order valence-electron chi connectivity index (χ1n) is 7.48. The molecule has 3 rings (SSSR count). The van der Waals surface area contributed by atoms with Crippen LogP contribution in [0.25, 0.3) is 0 Å². The first-order chi connectivity index (χ1) is 10.2. The van der Waals surface area contributed by atoms with Crippen LogP contribution < -0.4 is 0 Å². The number of rotatable bonds is 3. The molecule has 1 heterocycles. The number of ether oxygens (including phenoxy) is 1. The lowest BCUT2D eigenvalue weighted by Gasteiger charge is -2.36. The molecule has 1 saturated carbocycles. The number of nitrogens with zero attached hydrogens (tertiary/aromatic N) is 2. The second-order valence-corrected chi connectivity index (χ2v) is 5.76. The van der Waals surface area contributed by atoms with Crippen molar-refractivity contribution in [1.82, 2.24) is 4.90 Å². The summed E-state index contributed by atoms with van der Waals surface area (Å²) >= 11 is 0. The average molecular weight is 294 g/mol. The number of aliphatic imine (C=N–C) groups is 1. The van der Waals surface area contributed by atoms with Crippen LogP contribution >= 0.6 is 0 Å². The summed E-state index contributed by atoms with van der Waals surface area (Å²) in [6, 6.07) is 0.171. The van der Waals surface area contributed by atoms with Crippen molar-refractivity contribution in [3.63, 3.8) is 0 Å². The lowest BCUT2D eigenvalue weighted by atomic mass is 9.80. The van der Waals surface area contributed by atoms with E-state index in [-0.39, 0.29) is 24.7 Å². The molecule has 21 heavy (non-hydrogen) atoms. The molecule has 0 amide bonds. The van der Waals surface area contributed by atoms with Crippen LogP contribution in [0.1, 0.15) is 13.3 Å². The third-order valence-corrected chi connectivity index (χ3v) is 4.52. The molecule has 0 saturated heterocycles. The van der Waals surface area contributed by atoms with Gasteiger partial charge in [0, 0.05) is 19.1 Å². The van der Waals surface area contributed by atoms with Gasteiger partial charge in [-0.25, -0.2) is 4.99 Å². The molecule has 1 fully saturated rings. The van der Waals surface area contributed by atoms with Crippen LogP contribution in [0.15, 0.2) is 29.3 Å². The predicted octanol–water partition coefficient (Wildman–Crippen LogP) is -0.340. The van der Waals surface area contributed by atoms with Crippen LogP contribution in [0.2, 0.25) is 0 Å². The third-order valence-electron chi connectivity index (χ3n) is 4.52. The van der Waals surface area contributed by atoms with Crippen molar-refractivity contribution in [3.05, 3.63) is 24.3 Å². The number of aliphatic hydroxyl groups is 3. The molecule has 0 aromatic carbocycles. The third kappa shape index (κ3) is 2.47. The Bertz CT molecular complexity index is 464. The Labute approximate surface area is 124 Å². The van der Waals surface area contributed by atoms with Gasteiger partial charge in [-0.05, 0) is 13.3 Å². The summed E-state index contributed by atoms with van der Waals surface area (Å²) in [5.74, 6) is -0.364. The average Bonchev–Trinajstić information content (AvgIpc) is 3.13.